The summed E-state index contributed by atoms with van der Waals surface area (Å²) in [5, 5.41) is 20.7. The van der Waals surface area contributed by atoms with Gasteiger partial charge in [0.15, 0.2) is 0 Å². The van der Waals surface area contributed by atoms with Crippen LogP contribution in [0.2, 0.25) is 0 Å². The van der Waals surface area contributed by atoms with Crippen molar-refractivity contribution in [2.45, 2.75) is 96.2 Å². The standard InChI is InChI=1S/C22H37FO3/c1-4-6-8-9-10-12-18-19(21(25)16-20(18)24)13-11-15-22(26,17(3)23)14-7-5-2/h11,13,18-19,21,25-26H,3-10,12,14-16H2,1-2H3/b13-11+/t18-,19-,21-,22?/m1/s1. The van der Waals surface area contributed by atoms with Crippen molar-refractivity contribution in [2.75, 3.05) is 0 Å². The van der Waals surface area contributed by atoms with Gasteiger partial charge >= 0.3 is 0 Å². The molecule has 4 atom stereocenters. The van der Waals surface area contributed by atoms with Gasteiger partial charge in [-0.15, -0.1) is 0 Å². The van der Waals surface area contributed by atoms with Gasteiger partial charge in [0.05, 0.1) is 6.10 Å². The first-order chi connectivity index (χ1) is 12.4. The Kier molecular flexibility index (Phi) is 10.3. The molecule has 0 aromatic carbocycles. The van der Waals surface area contributed by atoms with Crippen LogP contribution >= 0.6 is 0 Å². The van der Waals surface area contributed by atoms with Crippen LogP contribution in [0.25, 0.3) is 0 Å². The fourth-order valence-corrected chi connectivity index (χ4v) is 3.80. The van der Waals surface area contributed by atoms with E-state index in [1.165, 1.54) is 19.3 Å². The number of hydrogen-bond acceptors (Lipinski definition) is 3. The van der Waals surface area contributed by atoms with Gasteiger partial charge in [0.25, 0.3) is 0 Å². The highest BCUT2D eigenvalue weighted by molar-refractivity contribution is 5.84. The van der Waals surface area contributed by atoms with Gasteiger partial charge in [-0.25, -0.2) is 4.39 Å². The van der Waals surface area contributed by atoms with Crippen LogP contribution in [0.1, 0.15) is 84.5 Å². The Morgan fingerprint density at radius 3 is 2.50 bits per heavy atom. The van der Waals surface area contributed by atoms with Gasteiger partial charge in [0, 0.05) is 24.7 Å². The topological polar surface area (TPSA) is 57.5 Å². The van der Waals surface area contributed by atoms with Crippen LogP contribution < -0.4 is 0 Å². The van der Waals surface area contributed by atoms with Crippen molar-refractivity contribution in [3.8, 4) is 0 Å². The molecule has 1 fully saturated rings. The van der Waals surface area contributed by atoms with Crippen LogP contribution in [-0.2, 0) is 4.79 Å². The Morgan fingerprint density at radius 2 is 1.88 bits per heavy atom. The molecule has 3 nitrogen and oxygen atoms in total. The molecule has 1 aliphatic rings. The van der Waals surface area contributed by atoms with E-state index in [4.69, 9.17) is 0 Å². The molecule has 0 bridgehead atoms. The molecule has 26 heavy (non-hydrogen) atoms. The minimum atomic E-state index is -1.55. The van der Waals surface area contributed by atoms with Gasteiger partial charge in [0.1, 0.15) is 17.2 Å². The average Bonchev–Trinajstić information content (AvgIpc) is 2.86. The van der Waals surface area contributed by atoms with Crippen LogP contribution in [0, 0.1) is 11.8 Å². The molecule has 0 amide bonds. The first-order valence-corrected chi connectivity index (χ1v) is 10.3. The molecule has 1 rings (SSSR count). The fourth-order valence-electron chi connectivity index (χ4n) is 3.80. The van der Waals surface area contributed by atoms with Gasteiger partial charge in [-0.1, -0.05) is 77.5 Å². The van der Waals surface area contributed by atoms with Gasteiger partial charge in [-0.05, 0) is 12.8 Å². The summed E-state index contributed by atoms with van der Waals surface area (Å²) in [5.41, 5.74) is -1.55. The third-order valence-corrected chi connectivity index (χ3v) is 5.61. The van der Waals surface area contributed by atoms with Crippen LogP contribution in [0.3, 0.4) is 0 Å². The summed E-state index contributed by atoms with van der Waals surface area (Å²) in [6.07, 6.45) is 11.6. The molecule has 0 spiro atoms. The Hall–Kier alpha value is -1.00. The van der Waals surface area contributed by atoms with E-state index < -0.39 is 17.5 Å². The maximum Gasteiger partial charge on any atom is 0.139 e. The van der Waals surface area contributed by atoms with Crippen molar-refractivity contribution in [1.82, 2.24) is 0 Å². The van der Waals surface area contributed by atoms with Gasteiger partial charge < -0.3 is 10.2 Å². The van der Waals surface area contributed by atoms with E-state index in [2.05, 4.69) is 13.5 Å². The zero-order chi connectivity index (χ0) is 19.6. The second kappa shape index (κ2) is 11.7. The number of carbonyl (C=O) groups is 1. The zero-order valence-electron chi connectivity index (χ0n) is 16.6. The molecule has 0 aromatic rings. The Bertz CT molecular complexity index is 474. The van der Waals surface area contributed by atoms with Gasteiger partial charge in [-0.3, -0.25) is 4.79 Å². The summed E-state index contributed by atoms with van der Waals surface area (Å²) in [4.78, 5) is 12.2. The van der Waals surface area contributed by atoms with E-state index in [1.807, 2.05) is 13.0 Å². The molecule has 150 valence electrons. The van der Waals surface area contributed by atoms with E-state index in [0.29, 0.717) is 6.42 Å². The number of aliphatic hydroxyl groups excluding tert-OH is 1. The smallest absolute Gasteiger partial charge is 0.139 e. The Labute approximate surface area is 158 Å². The lowest BCUT2D eigenvalue weighted by Gasteiger charge is -2.25. The Morgan fingerprint density at radius 1 is 1.23 bits per heavy atom. The monoisotopic (exact) mass is 368 g/mol. The van der Waals surface area contributed by atoms with Crippen LogP contribution in [0.4, 0.5) is 4.39 Å². The van der Waals surface area contributed by atoms with Crippen molar-refractivity contribution in [3.05, 3.63) is 24.6 Å². The summed E-state index contributed by atoms with van der Waals surface area (Å²) in [6, 6.07) is 0. The summed E-state index contributed by atoms with van der Waals surface area (Å²) in [7, 11) is 0. The number of unbranched alkanes of at least 4 members (excludes halogenated alkanes) is 5. The Balaban J connectivity index is 2.63. The van der Waals surface area contributed by atoms with Crippen LogP contribution in [0.5, 0.6) is 0 Å². The molecular weight excluding hydrogens is 331 g/mol. The molecule has 1 saturated carbocycles. The molecule has 2 N–H and O–H groups in total. The molecule has 1 aliphatic carbocycles. The normalized spacial score (nSPS) is 25.7. The predicted molar refractivity (Wildman–Crippen MR) is 104 cm³/mol. The molecule has 0 saturated heterocycles. The predicted octanol–water partition coefficient (Wildman–Crippen LogP) is 5.26. The van der Waals surface area contributed by atoms with Crippen molar-refractivity contribution in [1.29, 1.82) is 0 Å². The minimum absolute atomic E-state index is 0.124. The maximum absolute atomic E-state index is 13.7. The third kappa shape index (κ3) is 6.96. The fraction of sp³-hybridized carbons (Fsp3) is 0.773. The highest BCUT2D eigenvalue weighted by atomic mass is 19.1. The number of rotatable bonds is 13. The number of ketones is 1. The first kappa shape index (κ1) is 23.0. The second-order valence-electron chi connectivity index (χ2n) is 7.80. The van der Waals surface area contributed by atoms with E-state index >= 15 is 0 Å². The molecule has 1 unspecified atom stereocenters. The quantitative estimate of drug-likeness (QED) is 0.344. The summed E-state index contributed by atoms with van der Waals surface area (Å²) < 4.78 is 13.7. The van der Waals surface area contributed by atoms with Crippen LogP contribution in [0.15, 0.2) is 24.6 Å². The minimum Gasteiger partial charge on any atom is -0.392 e. The lowest BCUT2D eigenvalue weighted by atomic mass is 9.87. The van der Waals surface area contributed by atoms with Gasteiger partial charge in [-0.2, -0.15) is 0 Å². The summed E-state index contributed by atoms with van der Waals surface area (Å²) in [5.74, 6) is -0.970. The lowest BCUT2D eigenvalue weighted by molar-refractivity contribution is -0.121. The van der Waals surface area contributed by atoms with Crippen molar-refractivity contribution < 1.29 is 19.4 Å². The number of hydrogen-bond donors (Lipinski definition) is 2. The molecule has 0 aromatic heterocycles. The number of aliphatic hydroxyl groups is 2. The van der Waals surface area contributed by atoms with E-state index in [9.17, 15) is 19.4 Å². The van der Waals surface area contributed by atoms with E-state index in [-0.39, 0.29) is 30.5 Å². The highest BCUT2D eigenvalue weighted by Crippen LogP contribution is 2.35. The average molecular weight is 369 g/mol. The van der Waals surface area contributed by atoms with E-state index in [1.54, 1.807) is 6.08 Å². The third-order valence-electron chi connectivity index (χ3n) is 5.61. The lowest BCUT2D eigenvalue weighted by Crippen LogP contribution is -2.28. The van der Waals surface area contributed by atoms with E-state index in [0.717, 1.165) is 32.1 Å². The second-order valence-corrected chi connectivity index (χ2v) is 7.80. The molecule has 0 aliphatic heterocycles. The molecule has 0 radical (unpaired) electrons. The first-order valence-electron chi connectivity index (χ1n) is 10.3. The van der Waals surface area contributed by atoms with Crippen LogP contribution in [-0.4, -0.2) is 27.7 Å². The number of carbonyl (C=O) groups excluding carboxylic acids is 1. The van der Waals surface area contributed by atoms with Crippen molar-refractivity contribution in [2.24, 2.45) is 11.8 Å². The van der Waals surface area contributed by atoms with Crippen molar-refractivity contribution in [3.63, 3.8) is 0 Å². The largest absolute Gasteiger partial charge is 0.392 e. The SMILES string of the molecule is C=C(F)C(O)(C/C=C/[C@H]1[C@H](O)CC(=O)[C@@H]1CCCCCCC)CCCC. The number of Topliss-reactive ketones (excluding diaryl/α,β-unsaturated/α-hetero) is 1. The molecular formula is C22H37FO3. The summed E-state index contributed by atoms with van der Waals surface area (Å²) >= 11 is 0. The number of halogens is 1. The molecule has 4 heteroatoms. The molecule has 0 heterocycles. The summed E-state index contributed by atoms with van der Waals surface area (Å²) in [6.45, 7) is 7.44. The highest BCUT2D eigenvalue weighted by Gasteiger charge is 2.39. The zero-order valence-corrected chi connectivity index (χ0v) is 16.6. The van der Waals surface area contributed by atoms with Crippen molar-refractivity contribution >= 4 is 5.78 Å². The van der Waals surface area contributed by atoms with Gasteiger partial charge in [0.2, 0.25) is 0 Å². The maximum atomic E-state index is 13.7.